The van der Waals surface area contributed by atoms with Crippen LogP contribution in [-0.4, -0.2) is 12.4 Å². The Balaban J connectivity index is 1.82. The lowest BCUT2D eigenvalue weighted by Gasteiger charge is -2.15. The van der Waals surface area contributed by atoms with E-state index in [1.807, 2.05) is 0 Å². The van der Waals surface area contributed by atoms with Gasteiger partial charge < -0.3 is 5.32 Å². The number of amidine groups is 1. The Bertz CT molecular complexity index is 466. The molecule has 0 amide bonds. The van der Waals surface area contributed by atoms with Gasteiger partial charge in [0.25, 0.3) is 0 Å². The standard InChI is InChI=1S/C17H24N2/c1-13(19-17-11-3-2-4-12-18-17)15-9-5-7-14-8-6-10-16(14)15/h5,7,9,13H,2-4,6,8,10-12H2,1H3,(H,18,19). The molecule has 1 N–H and O–H groups in total. The fourth-order valence-electron chi connectivity index (χ4n) is 3.37. The van der Waals surface area contributed by atoms with Gasteiger partial charge in [-0.15, -0.1) is 0 Å². The molecule has 1 aromatic carbocycles. The third-order valence-electron chi connectivity index (χ3n) is 4.40. The Kier molecular flexibility index (Phi) is 3.86. The van der Waals surface area contributed by atoms with Gasteiger partial charge in [-0.1, -0.05) is 24.6 Å². The smallest absolute Gasteiger partial charge is 0.0970 e. The van der Waals surface area contributed by atoms with Crippen molar-refractivity contribution in [2.45, 2.75) is 57.9 Å². The Labute approximate surface area is 116 Å². The van der Waals surface area contributed by atoms with E-state index in [1.54, 1.807) is 11.1 Å². The number of aliphatic imine (C=N–C) groups is 1. The van der Waals surface area contributed by atoms with Crippen molar-refractivity contribution in [1.82, 2.24) is 5.32 Å². The van der Waals surface area contributed by atoms with Crippen molar-refractivity contribution in [3.8, 4) is 0 Å². The third kappa shape index (κ3) is 2.83. The van der Waals surface area contributed by atoms with Crippen LogP contribution in [0, 0.1) is 0 Å². The largest absolute Gasteiger partial charge is 0.374 e. The molecule has 1 heterocycles. The number of benzene rings is 1. The Hall–Kier alpha value is -1.31. The molecule has 2 nitrogen and oxygen atoms in total. The average molecular weight is 256 g/mol. The van der Waals surface area contributed by atoms with E-state index in [0.717, 1.165) is 13.0 Å². The molecule has 2 heteroatoms. The molecule has 19 heavy (non-hydrogen) atoms. The monoisotopic (exact) mass is 256 g/mol. The summed E-state index contributed by atoms with van der Waals surface area (Å²) in [5.41, 5.74) is 4.58. The predicted molar refractivity (Wildman–Crippen MR) is 80.8 cm³/mol. The van der Waals surface area contributed by atoms with E-state index in [9.17, 15) is 0 Å². The summed E-state index contributed by atoms with van der Waals surface area (Å²) in [6.07, 6.45) is 8.84. The Morgan fingerprint density at radius 2 is 2.00 bits per heavy atom. The highest BCUT2D eigenvalue weighted by Gasteiger charge is 2.18. The quantitative estimate of drug-likeness (QED) is 0.855. The lowest BCUT2D eigenvalue weighted by Crippen LogP contribution is -2.22. The molecule has 0 saturated carbocycles. The minimum Gasteiger partial charge on any atom is -0.374 e. The second-order valence-corrected chi connectivity index (χ2v) is 5.83. The molecule has 1 aliphatic heterocycles. The van der Waals surface area contributed by atoms with Crippen LogP contribution in [0.4, 0.5) is 0 Å². The summed E-state index contributed by atoms with van der Waals surface area (Å²) in [6, 6.07) is 7.07. The summed E-state index contributed by atoms with van der Waals surface area (Å²) in [6.45, 7) is 3.34. The first kappa shape index (κ1) is 12.7. The fourth-order valence-corrected chi connectivity index (χ4v) is 3.37. The van der Waals surface area contributed by atoms with Gasteiger partial charge in [-0.25, -0.2) is 0 Å². The molecular weight excluding hydrogens is 232 g/mol. The molecule has 2 aliphatic rings. The van der Waals surface area contributed by atoms with Crippen molar-refractivity contribution >= 4 is 5.84 Å². The number of aryl methyl sites for hydroxylation is 1. The second kappa shape index (κ2) is 5.77. The summed E-state index contributed by atoms with van der Waals surface area (Å²) in [4.78, 5) is 4.95. The minimum absolute atomic E-state index is 0.300. The third-order valence-corrected chi connectivity index (χ3v) is 4.40. The van der Waals surface area contributed by atoms with Gasteiger partial charge in [0.1, 0.15) is 0 Å². The van der Waals surface area contributed by atoms with Crippen LogP contribution < -0.4 is 5.32 Å². The molecule has 1 unspecified atom stereocenters. The first-order chi connectivity index (χ1) is 9.34. The van der Waals surface area contributed by atoms with Gasteiger partial charge in [-0.2, -0.15) is 0 Å². The molecule has 0 bridgehead atoms. The van der Waals surface area contributed by atoms with Crippen molar-refractivity contribution in [2.75, 3.05) is 6.54 Å². The maximum Gasteiger partial charge on any atom is 0.0970 e. The molecule has 1 fully saturated rings. The maximum atomic E-state index is 4.95. The van der Waals surface area contributed by atoms with Crippen molar-refractivity contribution in [3.05, 3.63) is 34.9 Å². The maximum absolute atomic E-state index is 4.95. The highest BCUT2D eigenvalue weighted by atomic mass is 15.0. The summed E-state index contributed by atoms with van der Waals surface area (Å²) in [5.74, 6) is 1.22. The number of nitrogens with one attached hydrogen (secondary N) is 1. The fraction of sp³-hybridized carbons (Fsp3) is 0.588. The average Bonchev–Trinajstić information content (AvgIpc) is 2.76. The van der Waals surface area contributed by atoms with Gasteiger partial charge in [0.2, 0.25) is 0 Å². The van der Waals surface area contributed by atoms with Gasteiger partial charge in [0.15, 0.2) is 0 Å². The lowest BCUT2D eigenvalue weighted by molar-refractivity contribution is 0.721. The number of rotatable bonds is 2. The molecule has 1 aromatic rings. The highest BCUT2D eigenvalue weighted by molar-refractivity contribution is 5.82. The summed E-state index contributed by atoms with van der Waals surface area (Å²) in [5, 5.41) is 3.50. The van der Waals surface area contributed by atoms with Gasteiger partial charge in [-0.3, -0.25) is 4.99 Å². The normalized spacial score (nSPS) is 22.7. The SMILES string of the molecule is CC(N=C1CCCCCN1)c1cccc2c1CCC2. The van der Waals surface area contributed by atoms with E-state index >= 15 is 0 Å². The van der Waals surface area contributed by atoms with Gasteiger partial charge in [0, 0.05) is 13.0 Å². The Morgan fingerprint density at radius 1 is 1.05 bits per heavy atom. The zero-order valence-corrected chi connectivity index (χ0v) is 11.9. The van der Waals surface area contributed by atoms with E-state index in [1.165, 1.54) is 49.9 Å². The van der Waals surface area contributed by atoms with Crippen LogP contribution in [0.25, 0.3) is 0 Å². The van der Waals surface area contributed by atoms with E-state index in [-0.39, 0.29) is 0 Å². The molecule has 1 saturated heterocycles. The van der Waals surface area contributed by atoms with Crippen molar-refractivity contribution < 1.29 is 0 Å². The van der Waals surface area contributed by atoms with Gasteiger partial charge in [-0.05, 0) is 55.7 Å². The number of hydrogen-bond donors (Lipinski definition) is 1. The van der Waals surface area contributed by atoms with Crippen molar-refractivity contribution in [1.29, 1.82) is 0 Å². The van der Waals surface area contributed by atoms with Gasteiger partial charge >= 0.3 is 0 Å². The molecule has 0 radical (unpaired) electrons. The number of fused-ring (bicyclic) bond motifs is 1. The highest BCUT2D eigenvalue weighted by Crippen LogP contribution is 2.30. The number of nitrogens with zero attached hydrogens (tertiary/aromatic N) is 1. The van der Waals surface area contributed by atoms with Gasteiger partial charge in [0.05, 0.1) is 11.9 Å². The van der Waals surface area contributed by atoms with E-state index < -0.39 is 0 Å². The number of hydrogen-bond acceptors (Lipinski definition) is 1. The van der Waals surface area contributed by atoms with Crippen LogP contribution in [-0.2, 0) is 12.8 Å². The molecule has 1 aliphatic carbocycles. The van der Waals surface area contributed by atoms with Crippen LogP contribution in [0.3, 0.4) is 0 Å². The molecule has 0 aromatic heterocycles. The Morgan fingerprint density at radius 3 is 2.95 bits per heavy atom. The van der Waals surface area contributed by atoms with Crippen LogP contribution in [0.15, 0.2) is 23.2 Å². The zero-order chi connectivity index (χ0) is 13.1. The van der Waals surface area contributed by atoms with E-state index in [2.05, 4.69) is 30.4 Å². The summed E-state index contributed by atoms with van der Waals surface area (Å²) >= 11 is 0. The van der Waals surface area contributed by atoms with E-state index in [4.69, 9.17) is 4.99 Å². The molecular formula is C17H24N2. The second-order valence-electron chi connectivity index (χ2n) is 5.83. The topological polar surface area (TPSA) is 24.4 Å². The van der Waals surface area contributed by atoms with Crippen LogP contribution in [0.2, 0.25) is 0 Å². The van der Waals surface area contributed by atoms with Crippen LogP contribution in [0.1, 0.15) is 61.8 Å². The van der Waals surface area contributed by atoms with Crippen molar-refractivity contribution in [2.24, 2.45) is 4.99 Å². The molecule has 0 spiro atoms. The summed E-state index contributed by atoms with van der Waals surface area (Å²) in [7, 11) is 0. The summed E-state index contributed by atoms with van der Waals surface area (Å²) < 4.78 is 0. The first-order valence-electron chi connectivity index (χ1n) is 7.76. The zero-order valence-electron chi connectivity index (χ0n) is 11.9. The lowest BCUT2D eigenvalue weighted by atomic mass is 9.98. The predicted octanol–water partition coefficient (Wildman–Crippen LogP) is 3.80. The molecule has 1 atom stereocenters. The van der Waals surface area contributed by atoms with Crippen LogP contribution >= 0.6 is 0 Å². The molecule has 102 valence electrons. The van der Waals surface area contributed by atoms with E-state index in [0.29, 0.717) is 6.04 Å². The minimum atomic E-state index is 0.300. The van der Waals surface area contributed by atoms with Crippen molar-refractivity contribution in [3.63, 3.8) is 0 Å². The molecule has 3 rings (SSSR count). The van der Waals surface area contributed by atoms with Crippen LogP contribution in [0.5, 0.6) is 0 Å². The first-order valence-corrected chi connectivity index (χ1v) is 7.76.